The predicted octanol–water partition coefficient (Wildman–Crippen LogP) is 6.86. The number of azide groups is 1. The van der Waals surface area contributed by atoms with Crippen LogP contribution in [-0.4, -0.2) is 15.0 Å². The fourth-order valence-corrected chi connectivity index (χ4v) is 4.66. The highest BCUT2D eigenvalue weighted by molar-refractivity contribution is 7.99. The summed E-state index contributed by atoms with van der Waals surface area (Å²) in [7, 11) is 0. The van der Waals surface area contributed by atoms with Crippen molar-refractivity contribution in [2.24, 2.45) is 11.0 Å². The van der Waals surface area contributed by atoms with Crippen molar-refractivity contribution in [3.05, 3.63) is 80.3 Å². The highest BCUT2D eigenvalue weighted by Crippen LogP contribution is 2.39. The van der Waals surface area contributed by atoms with Crippen molar-refractivity contribution in [3.8, 4) is 0 Å². The Balaban J connectivity index is 2.07. The molecule has 0 aliphatic carbocycles. The summed E-state index contributed by atoms with van der Waals surface area (Å²) in [5.74, 6) is 0.876. The molecule has 28 heavy (non-hydrogen) atoms. The Kier molecular flexibility index (Phi) is 6.86. The Bertz CT molecular complexity index is 979. The molecule has 1 aromatic carbocycles. The smallest absolute Gasteiger partial charge is 0.123 e. The van der Waals surface area contributed by atoms with E-state index in [1.165, 1.54) is 11.8 Å². The van der Waals surface area contributed by atoms with Gasteiger partial charge in [-0.3, -0.25) is 4.98 Å². The van der Waals surface area contributed by atoms with Crippen LogP contribution in [0.4, 0.5) is 0 Å². The SMILES string of the molecule is CC(C)C(c1ccccn1)c1[nH]c(CN=[N+]=[N-])nc1Sc1cc(Cl)cc(Cl)c1. The minimum atomic E-state index is 0.00525. The Morgan fingerprint density at radius 1 is 1.21 bits per heavy atom. The first-order valence-electron chi connectivity index (χ1n) is 8.62. The van der Waals surface area contributed by atoms with Gasteiger partial charge in [0.2, 0.25) is 0 Å². The van der Waals surface area contributed by atoms with Crippen LogP contribution < -0.4 is 0 Å². The molecule has 2 aromatic heterocycles. The molecule has 1 N–H and O–H groups in total. The third-order valence-corrected chi connectivity index (χ3v) is 5.48. The molecule has 3 rings (SSSR count). The largest absolute Gasteiger partial charge is 0.344 e. The van der Waals surface area contributed by atoms with E-state index in [2.05, 4.69) is 38.8 Å². The van der Waals surface area contributed by atoms with Crippen molar-refractivity contribution in [3.63, 3.8) is 0 Å². The number of aromatic nitrogens is 3. The van der Waals surface area contributed by atoms with E-state index >= 15 is 0 Å². The number of imidazole rings is 1. The van der Waals surface area contributed by atoms with Gasteiger partial charge in [-0.05, 0) is 41.8 Å². The van der Waals surface area contributed by atoms with Gasteiger partial charge < -0.3 is 4.98 Å². The van der Waals surface area contributed by atoms with Gasteiger partial charge in [-0.1, -0.05) is 60.0 Å². The zero-order valence-corrected chi connectivity index (χ0v) is 17.6. The average Bonchev–Trinajstić information content (AvgIpc) is 3.02. The number of H-pyrrole nitrogens is 1. The Hall–Kier alpha value is -2.18. The quantitative estimate of drug-likeness (QED) is 0.251. The van der Waals surface area contributed by atoms with Crippen LogP contribution in [0.15, 0.2) is 57.6 Å². The van der Waals surface area contributed by atoms with Crippen LogP contribution in [0, 0.1) is 5.92 Å². The number of halogens is 2. The van der Waals surface area contributed by atoms with Crippen molar-refractivity contribution in [1.82, 2.24) is 15.0 Å². The molecule has 0 amide bonds. The number of rotatable bonds is 7. The van der Waals surface area contributed by atoms with E-state index in [-0.39, 0.29) is 18.4 Å². The number of nitrogens with zero attached hydrogens (tertiary/aromatic N) is 5. The maximum absolute atomic E-state index is 8.65. The van der Waals surface area contributed by atoms with Gasteiger partial charge in [-0.25, -0.2) is 4.98 Å². The predicted molar refractivity (Wildman–Crippen MR) is 113 cm³/mol. The molecule has 1 unspecified atom stereocenters. The van der Waals surface area contributed by atoms with Crippen LogP contribution in [0.5, 0.6) is 0 Å². The number of hydrogen-bond acceptors (Lipinski definition) is 4. The number of pyridine rings is 1. The highest BCUT2D eigenvalue weighted by atomic mass is 35.5. The van der Waals surface area contributed by atoms with E-state index in [0.29, 0.717) is 15.9 Å². The van der Waals surface area contributed by atoms with E-state index in [9.17, 15) is 0 Å². The molecule has 2 heterocycles. The summed E-state index contributed by atoms with van der Waals surface area (Å²) >= 11 is 13.8. The lowest BCUT2D eigenvalue weighted by Crippen LogP contribution is -2.11. The molecule has 3 aromatic rings. The summed E-state index contributed by atoms with van der Waals surface area (Å²) in [6.07, 6.45) is 1.78. The molecule has 0 radical (unpaired) electrons. The van der Waals surface area contributed by atoms with Crippen LogP contribution in [-0.2, 0) is 6.54 Å². The minimum Gasteiger partial charge on any atom is -0.344 e. The fourth-order valence-electron chi connectivity index (χ4n) is 2.96. The monoisotopic (exact) mass is 432 g/mol. The van der Waals surface area contributed by atoms with Crippen molar-refractivity contribution >= 4 is 35.0 Å². The normalized spacial score (nSPS) is 12.0. The first-order valence-corrected chi connectivity index (χ1v) is 10.2. The summed E-state index contributed by atoms with van der Waals surface area (Å²) in [6.45, 7) is 4.42. The van der Waals surface area contributed by atoms with Gasteiger partial charge in [0, 0.05) is 37.7 Å². The number of aromatic amines is 1. The minimum absolute atomic E-state index is 0.00525. The summed E-state index contributed by atoms with van der Waals surface area (Å²) in [5, 5.41) is 5.53. The highest BCUT2D eigenvalue weighted by Gasteiger charge is 2.26. The zero-order chi connectivity index (χ0) is 20.1. The second-order valence-corrected chi connectivity index (χ2v) is 8.41. The number of hydrogen-bond donors (Lipinski definition) is 1. The summed E-state index contributed by atoms with van der Waals surface area (Å²) < 4.78 is 0. The van der Waals surface area contributed by atoms with Crippen LogP contribution in [0.3, 0.4) is 0 Å². The van der Waals surface area contributed by atoms with E-state index in [1.807, 2.05) is 30.3 Å². The van der Waals surface area contributed by atoms with E-state index in [0.717, 1.165) is 21.3 Å². The molecule has 0 aliphatic rings. The molecule has 0 spiro atoms. The third kappa shape index (κ3) is 5.00. The molecule has 0 bridgehead atoms. The number of nitrogens with one attached hydrogen (secondary N) is 1. The topological polar surface area (TPSA) is 90.3 Å². The molecule has 6 nitrogen and oxygen atoms in total. The van der Waals surface area contributed by atoms with Crippen LogP contribution in [0.25, 0.3) is 10.4 Å². The van der Waals surface area contributed by atoms with E-state index in [4.69, 9.17) is 28.7 Å². The van der Waals surface area contributed by atoms with Gasteiger partial charge in [-0.15, -0.1) is 0 Å². The van der Waals surface area contributed by atoms with Gasteiger partial charge in [0.15, 0.2) is 0 Å². The Morgan fingerprint density at radius 2 is 1.96 bits per heavy atom. The number of benzene rings is 1. The van der Waals surface area contributed by atoms with Crippen LogP contribution >= 0.6 is 35.0 Å². The Labute approximate surface area is 177 Å². The van der Waals surface area contributed by atoms with Gasteiger partial charge in [0.25, 0.3) is 0 Å². The standard InChI is InChI=1S/C19H18Cl2N6S/c1-11(2)17(15-5-3-4-6-23-15)18-19(26-16(25-18)10-24-27-22)28-14-8-12(20)7-13(21)9-14/h3-9,11,17H,10H2,1-2H3,(H,25,26). The average molecular weight is 433 g/mol. The molecule has 144 valence electrons. The van der Waals surface area contributed by atoms with Gasteiger partial charge in [0.1, 0.15) is 10.9 Å². The van der Waals surface area contributed by atoms with Crippen molar-refractivity contribution in [1.29, 1.82) is 0 Å². The molecular weight excluding hydrogens is 415 g/mol. The van der Waals surface area contributed by atoms with Crippen molar-refractivity contribution in [2.75, 3.05) is 0 Å². The van der Waals surface area contributed by atoms with E-state index < -0.39 is 0 Å². The maximum Gasteiger partial charge on any atom is 0.123 e. The molecule has 0 saturated heterocycles. The molecule has 1 atom stereocenters. The molecular formula is C19H18Cl2N6S. The van der Waals surface area contributed by atoms with Gasteiger partial charge in [-0.2, -0.15) is 0 Å². The molecule has 0 saturated carbocycles. The zero-order valence-electron chi connectivity index (χ0n) is 15.3. The molecule has 9 heteroatoms. The summed E-state index contributed by atoms with van der Waals surface area (Å²) in [5.41, 5.74) is 10.5. The lowest BCUT2D eigenvalue weighted by atomic mass is 9.89. The first-order chi connectivity index (χ1) is 13.5. The first kappa shape index (κ1) is 20.6. The lowest BCUT2D eigenvalue weighted by Gasteiger charge is -2.20. The second-order valence-electron chi connectivity index (χ2n) is 6.47. The van der Waals surface area contributed by atoms with Crippen molar-refractivity contribution < 1.29 is 0 Å². The lowest BCUT2D eigenvalue weighted by molar-refractivity contribution is 0.535. The van der Waals surface area contributed by atoms with Gasteiger partial charge >= 0.3 is 0 Å². The van der Waals surface area contributed by atoms with E-state index in [1.54, 1.807) is 12.3 Å². The Morgan fingerprint density at radius 3 is 2.57 bits per heavy atom. The maximum atomic E-state index is 8.65. The summed E-state index contributed by atoms with van der Waals surface area (Å²) in [4.78, 5) is 16.3. The van der Waals surface area contributed by atoms with Crippen molar-refractivity contribution in [2.45, 2.75) is 36.2 Å². The van der Waals surface area contributed by atoms with Crippen LogP contribution in [0.1, 0.15) is 37.0 Å². The molecule has 0 aliphatic heterocycles. The third-order valence-electron chi connectivity index (χ3n) is 4.06. The fraction of sp³-hybridized carbons (Fsp3) is 0.263. The molecule has 0 fully saturated rings. The van der Waals surface area contributed by atoms with Gasteiger partial charge in [0.05, 0.1) is 12.2 Å². The summed E-state index contributed by atoms with van der Waals surface area (Å²) in [6, 6.07) is 11.2. The second kappa shape index (κ2) is 9.34. The van der Waals surface area contributed by atoms with Crippen LogP contribution in [0.2, 0.25) is 10.0 Å².